The van der Waals surface area contributed by atoms with E-state index in [1.165, 1.54) is 23.5 Å². The van der Waals surface area contributed by atoms with Crippen LogP contribution in [0, 0.1) is 5.82 Å². The molecule has 124 valence electrons. The summed E-state index contributed by atoms with van der Waals surface area (Å²) in [6, 6.07) is 14.3. The van der Waals surface area contributed by atoms with Crippen LogP contribution in [0.15, 0.2) is 54.7 Å². The number of pyridine rings is 1. The zero-order chi connectivity index (χ0) is 17.2. The molecule has 0 aliphatic rings. The number of rotatable bonds is 4. The van der Waals surface area contributed by atoms with Crippen LogP contribution in [-0.4, -0.2) is 22.3 Å². The van der Waals surface area contributed by atoms with Crippen molar-refractivity contribution in [2.24, 2.45) is 0 Å². The van der Waals surface area contributed by atoms with E-state index in [0.29, 0.717) is 12.2 Å². The maximum atomic E-state index is 13.0. The first-order chi connectivity index (χ1) is 12.2. The number of nitrogens with zero attached hydrogens (tertiary/aromatic N) is 3. The molecular formula is C19H14FN3OS. The van der Waals surface area contributed by atoms with Crippen LogP contribution in [0.1, 0.15) is 10.6 Å². The molecule has 0 radical (unpaired) electrons. The third-order valence-corrected chi connectivity index (χ3v) is 4.85. The summed E-state index contributed by atoms with van der Waals surface area (Å²) in [6.45, 7) is 0. The summed E-state index contributed by atoms with van der Waals surface area (Å²) in [5.41, 5.74) is 2.67. The molecule has 0 unspecified atom stereocenters. The molecule has 0 saturated carbocycles. The predicted octanol–water partition coefficient (Wildman–Crippen LogP) is 4.49. The van der Waals surface area contributed by atoms with Gasteiger partial charge in [0.15, 0.2) is 10.8 Å². The fourth-order valence-electron chi connectivity index (χ4n) is 2.70. The Balaban J connectivity index is 1.70. The maximum Gasteiger partial charge on any atom is 0.155 e. The molecule has 2 heterocycles. The number of methoxy groups -OCH3 is 1. The van der Waals surface area contributed by atoms with Crippen molar-refractivity contribution in [1.82, 2.24) is 15.2 Å². The van der Waals surface area contributed by atoms with Gasteiger partial charge >= 0.3 is 0 Å². The summed E-state index contributed by atoms with van der Waals surface area (Å²) >= 11 is 1.50. The smallest absolute Gasteiger partial charge is 0.155 e. The summed E-state index contributed by atoms with van der Waals surface area (Å²) < 4.78 is 18.6. The lowest BCUT2D eigenvalue weighted by atomic mass is 10.1. The van der Waals surface area contributed by atoms with Gasteiger partial charge in [0.05, 0.1) is 12.7 Å². The van der Waals surface area contributed by atoms with Crippen molar-refractivity contribution in [2.45, 2.75) is 6.42 Å². The van der Waals surface area contributed by atoms with Crippen LogP contribution in [0.2, 0.25) is 0 Å². The number of aromatic nitrogens is 3. The van der Waals surface area contributed by atoms with Crippen LogP contribution in [0.25, 0.3) is 21.5 Å². The summed E-state index contributed by atoms with van der Waals surface area (Å²) in [7, 11) is 1.63. The van der Waals surface area contributed by atoms with Gasteiger partial charge in [-0.05, 0) is 29.8 Å². The number of benzene rings is 2. The normalized spacial score (nSPS) is 11.0. The zero-order valence-electron chi connectivity index (χ0n) is 13.4. The largest absolute Gasteiger partial charge is 0.494 e. The van der Waals surface area contributed by atoms with Crippen molar-refractivity contribution in [2.75, 3.05) is 7.11 Å². The van der Waals surface area contributed by atoms with Gasteiger partial charge in [-0.1, -0.05) is 35.6 Å². The molecule has 0 atom stereocenters. The quantitative estimate of drug-likeness (QED) is 0.543. The Kier molecular flexibility index (Phi) is 4.11. The number of fused-ring (bicyclic) bond motifs is 1. The minimum Gasteiger partial charge on any atom is -0.494 e. The first kappa shape index (κ1) is 15.7. The second-order valence-corrected chi connectivity index (χ2v) is 6.59. The Labute approximate surface area is 148 Å². The van der Waals surface area contributed by atoms with Gasteiger partial charge in [-0.3, -0.25) is 4.98 Å². The molecule has 0 fully saturated rings. The highest BCUT2D eigenvalue weighted by atomic mass is 32.1. The molecule has 0 spiro atoms. The van der Waals surface area contributed by atoms with Crippen molar-refractivity contribution in [1.29, 1.82) is 0 Å². The molecule has 25 heavy (non-hydrogen) atoms. The van der Waals surface area contributed by atoms with E-state index in [4.69, 9.17) is 4.74 Å². The van der Waals surface area contributed by atoms with E-state index in [-0.39, 0.29) is 5.82 Å². The Hall–Kier alpha value is -2.86. The zero-order valence-corrected chi connectivity index (χ0v) is 14.3. The van der Waals surface area contributed by atoms with E-state index in [9.17, 15) is 4.39 Å². The molecule has 0 bridgehead atoms. The van der Waals surface area contributed by atoms with Gasteiger partial charge in [0.2, 0.25) is 0 Å². The van der Waals surface area contributed by atoms with Crippen LogP contribution < -0.4 is 4.74 Å². The van der Waals surface area contributed by atoms with Crippen molar-refractivity contribution in [3.05, 3.63) is 71.1 Å². The topological polar surface area (TPSA) is 47.9 Å². The summed E-state index contributed by atoms with van der Waals surface area (Å²) in [6.07, 6.45) is 2.36. The van der Waals surface area contributed by atoms with Gasteiger partial charge in [0.1, 0.15) is 16.3 Å². The SMILES string of the molecule is COc1c(-c2nnc(Cc3ccc(F)cc3)s2)ccc2cccnc12. The standard InChI is InChI=1S/C19H14FN3OS/c1-24-18-15(9-6-13-3-2-10-21-17(13)18)19-23-22-16(25-19)11-12-4-7-14(20)8-5-12/h2-10H,11H2,1H3. The van der Waals surface area contributed by atoms with Gasteiger partial charge in [0.25, 0.3) is 0 Å². The van der Waals surface area contributed by atoms with E-state index in [1.54, 1.807) is 25.4 Å². The molecule has 6 heteroatoms. The number of hydrogen-bond acceptors (Lipinski definition) is 5. The maximum absolute atomic E-state index is 13.0. The Morgan fingerprint density at radius 3 is 2.68 bits per heavy atom. The lowest BCUT2D eigenvalue weighted by molar-refractivity contribution is 0.420. The van der Waals surface area contributed by atoms with Crippen LogP contribution >= 0.6 is 11.3 Å². The highest BCUT2D eigenvalue weighted by Crippen LogP contribution is 2.37. The van der Waals surface area contributed by atoms with Gasteiger partial charge < -0.3 is 4.74 Å². The molecule has 2 aromatic heterocycles. The average molecular weight is 351 g/mol. The molecule has 4 aromatic rings. The van der Waals surface area contributed by atoms with Crippen molar-refractivity contribution in [3.63, 3.8) is 0 Å². The Morgan fingerprint density at radius 2 is 1.88 bits per heavy atom. The molecule has 4 nitrogen and oxygen atoms in total. The van der Waals surface area contributed by atoms with Crippen molar-refractivity contribution >= 4 is 22.2 Å². The van der Waals surface area contributed by atoms with Gasteiger partial charge in [-0.2, -0.15) is 0 Å². The van der Waals surface area contributed by atoms with E-state index in [1.807, 2.05) is 24.3 Å². The van der Waals surface area contributed by atoms with Crippen molar-refractivity contribution in [3.8, 4) is 16.3 Å². The van der Waals surface area contributed by atoms with Crippen LogP contribution in [0.5, 0.6) is 5.75 Å². The first-order valence-corrected chi connectivity index (χ1v) is 8.55. The fourth-order valence-corrected chi connectivity index (χ4v) is 3.60. The number of ether oxygens (including phenoxy) is 1. The van der Waals surface area contributed by atoms with Crippen LogP contribution in [0.4, 0.5) is 4.39 Å². The minimum absolute atomic E-state index is 0.241. The van der Waals surface area contributed by atoms with Gasteiger partial charge in [0, 0.05) is 18.0 Å². The molecular weight excluding hydrogens is 337 g/mol. The Bertz CT molecular complexity index is 1030. The summed E-state index contributed by atoms with van der Waals surface area (Å²) in [4.78, 5) is 4.42. The van der Waals surface area contributed by atoms with Gasteiger partial charge in [-0.15, -0.1) is 10.2 Å². The minimum atomic E-state index is -0.241. The number of halogens is 1. The molecule has 2 aromatic carbocycles. The summed E-state index contributed by atoms with van der Waals surface area (Å²) in [5, 5.41) is 11.2. The highest BCUT2D eigenvalue weighted by molar-refractivity contribution is 7.14. The fraction of sp³-hybridized carbons (Fsp3) is 0.105. The second kappa shape index (κ2) is 6.57. The Morgan fingerprint density at radius 1 is 1.04 bits per heavy atom. The van der Waals surface area contributed by atoms with Crippen LogP contribution in [0.3, 0.4) is 0 Å². The number of hydrogen-bond donors (Lipinski definition) is 0. The second-order valence-electron chi connectivity index (χ2n) is 5.53. The molecule has 0 amide bonds. The molecule has 0 aliphatic carbocycles. The molecule has 4 rings (SSSR count). The van der Waals surface area contributed by atoms with E-state index < -0.39 is 0 Å². The van der Waals surface area contributed by atoms with Crippen molar-refractivity contribution < 1.29 is 9.13 Å². The summed E-state index contributed by atoms with van der Waals surface area (Å²) in [5.74, 6) is 0.456. The van der Waals surface area contributed by atoms with E-state index >= 15 is 0 Å². The predicted molar refractivity (Wildman–Crippen MR) is 96.4 cm³/mol. The average Bonchev–Trinajstić information content (AvgIpc) is 3.11. The first-order valence-electron chi connectivity index (χ1n) is 7.73. The van der Waals surface area contributed by atoms with E-state index in [2.05, 4.69) is 15.2 Å². The third-order valence-electron chi connectivity index (χ3n) is 3.90. The van der Waals surface area contributed by atoms with E-state index in [0.717, 1.165) is 32.0 Å². The molecule has 0 aliphatic heterocycles. The lowest BCUT2D eigenvalue weighted by Gasteiger charge is -2.08. The lowest BCUT2D eigenvalue weighted by Crippen LogP contribution is -1.91. The monoisotopic (exact) mass is 351 g/mol. The molecule has 0 N–H and O–H groups in total. The molecule has 0 saturated heterocycles. The highest BCUT2D eigenvalue weighted by Gasteiger charge is 2.15. The van der Waals surface area contributed by atoms with Crippen LogP contribution in [-0.2, 0) is 6.42 Å². The third kappa shape index (κ3) is 3.08. The van der Waals surface area contributed by atoms with Gasteiger partial charge in [-0.25, -0.2) is 4.39 Å².